The molecular weight excluding hydrogens is 396 g/mol. The monoisotopic (exact) mass is 415 g/mol. The van der Waals surface area contributed by atoms with E-state index in [-0.39, 0.29) is 23.6 Å². The zero-order valence-electron chi connectivity index (χ0n) is 16.3. The van der Waals surface area contributed by atoms with Crippen molar-refractivity contribution >= 4 is 23.2 Å². The van der Waals surface area contributed by atoms with Gasteiger partial charge in [0.1, 0.15) is 29.4 Å². The summed E-state index contributed by atoms with van der Waals surface area (Å²) >= 11 is 0. The third kappa shape index (κ3) is 4.07. The Labute approximate surface area is 171 Å². The first kappa shape index (κ1) is 21.2. The van der Waals surface area contributed by atoms with Crippen molar-refractivity contribution in [2.24, 2.45) is 0 Å². The van der Waals surface area contributed by atoms with Crippen molar-refractivity contribution in [2.75, 3.05) is 6.73 Å². The molecule has 1 amide bonds. The van der Waals surface area contributed by atoms with Crippen LogP contribution in [-0.2, 0) is 14.3 Å². The standard InChI is InChI=1S/C22H19F2NO5/c1-22(2,20(28)14-8-15(23)10-16(24)9-14)25-12-30-17(11-18(26)27)19(21(25)29)13-6-4-3-5-7-13/h3-10H,11-12H2,1-2H3,(H,26,27). The number of Topliss-reactive ketones (excluding diaryl/α,β-unsaturated/α-hetero) is 1. The fraction of sp³-hybridized carbons (Fsp3) is 0.227. The Balaban J connectivity index is 2.02. The smallest absolute Gasteiger partial charge is 0.311 e. The normalized spacial score (nSPS) is 14.5. The van der Waals surface area contributed by atoms with Crippen LogP contribution in [0.4, 0.5) is 8.78 Å². The lowest BCUT2D eigenvalue weighted by atomic mass is 9.89. The molecule has 0 bridgehead atoms. The summed E-state index contributed by atoms with van der Waals surface area (Å²) in [5, 5.41) is 9.17. The lowest BCUT2D eigenvalue weighted by molar-refractivity contribution is -0.140. The highest BCUT2D eigenvalue weighted by Crippen LogP contribution is 2.33. The van der Waals surface area contributed by atoms with E-state index in [1.54, 1.807) is 30.3 Å². The number of hydrogen-bond acceptors (Lipinski definition) is 4. The third-order valence-corrected chi connectivity index (χ3v) is 4.84. The second-order valence-corrected chi connectivity index (χ2v) is 7.29. The number of nitrogens with zero attached hydrogens (tertiary/aromatic N) is 1. The van der Waals surface area contributed by atoms with Gasteiger partial charge in [0, 0.05) is 11.6 Å². The van der Waals surface area contributed by atoms with Crippen LogP contribution >= 0.6 is 0 Å². The molecule has 0 radical (unpaired) electrons. The average molecular weight is 415 g/mol. The number of ketones is 1. The van der Waals surface area contributed by atoms with E-state index < -0.39 is 41.3 Å². The highest BCUT2D eigenvalue weighted by atomic mass is 19.1. The number of carbonyl (C=O) groups excluding carboxylic acids is 2. The van der Waals surface area contributed by atoms with Crippen LogP contribution in [0.25, 0.3) is 5.57 Å². The molecule has 0 spiro atoms. The predicted molar refractivity (Wildman–Crippen MR) is 103 cm³/mol. The zero-order valence-corrected chi connectivity index (χ0v) is 16.3. The zero-order chi connectivity index (χ0) is 22.1. The Morgan fingerprint density at radius 3 is 2.27 bits per heavy atom. The van der Waals surface area contributed by atoms with E-state index >= 15 is 0 Å². The second-order valence-electron chi connectivity index (χ2n) is 7.29. The van der Waals surface area contributed by atoms with Crippen molar-refractivity contribution in [1.29, 1.82) is 0 Å². The summed E-state index contributed by atoms with van der Waals surface area (Å²) in [6.07, 6.45) is -0.507. The summed E-state index contributed by atoms with van der Waals surface area (Å²) in [7, 11) is 0. The molecule has 0 aliphatic carbocycles. The number of aliphatic carboxylic acids is 1. The first-order valence-electron chi connectivity index (χ1n) is 9.07. The quantitative estimate of drug-likeness (QED) is 0.729. The summed E-state index contributed by atoms with van der Waals surface area (Å²) in [5.41, 5.74) is -1.29. The number of hydrogen-bond donors (Lipinski definition) is 1. The van der Waals surface area contributed by atoms with E-state index in [0.717, 1.165) is 17.0 Å². The molecule has 1 N–H and O–H groups in total. The predicted octanol–water partition coefficient (Wildman–Crippen LogP) is 3.63. The van der Waals surface area contributed by atoms with E-state index in [2.05, 4.69) is 0 Å². The van der Waals surface area contributed by atoms with Gasteiger partial charge in [-0.1, -0.05) is 30.3 Å². The van der Waals surface area contributed by atoms with Gasteiger partial charge in [-0.15, -0.1) is 0 Å². The van der Waals surface area contributed by atoms with Crippen molar-refractivity contribution in [1.82, 2.24) is 4.90 Å². The van der Waals surface area contributed by atoms with E-state index in [0.29, 0.717) is 11.6 Å². The molecule has 0 atom stereocenters. The van der Waals surface area contributed by atoms with Crippen molar-refractivity contribution in [3.63, 3.8) is 0 Å². The molecule has 0 saturated heterocycles. The minimum absolute atomic E-state index is 0.0185. The molecule has 30 heavy (non-hydrogen) atoms. The first-order valence-corrected chi connectivity index (χ1v) is 9.07. The highest BCUT2D eigenvalue weighted by molar-refractivity contribution is 6.22. The Morgan fingerprint density at radius 1 is 1.10 bits per heavy atom. The Morgan fingerprint density at radius 2 is 1.70 bits per heavy atom. The molecule has 6 nitrogen and oxygen atoms in total. The van der Waals surface area contributed by atoms with Gasteiger partial charge in [-0.05, 0) is 31.5 Å². The van der Waals surface area contributed by atoms with E-state index in [1.165, 1.54) is 13.8 Å². The topological polar surface area (TPSA) is 83.9 Å². The van der Waals surface area contributed by atoms with Crippen LogP contribution in [0.5, 0.6) is 0 Å². The van der Waals surface area contributed by atoms with Crippen LogP contribution < -0.4 is 0 Å². The minimum Gasteiger partial charge on any atom is -0.481 e. The summed E-state index contributed by atoms with van der Waals surface area (Å²) in [6.45, 7) is 2.49. The molecule has 2 aromatic rings. The van der Waals surface area contributed by atoms with E-state index in [4.69, 9.17) is 9.84 Å². The summed E-state index contributed by atoms with van der Waals surface area (Å²) in [6, 6.07) is 10.8. The molecule has 1 aliphatic heterocycles. The van der Waals surface area contributed by atoms with Gasteiger partial charge >= 0.3 is 5.97 Å². The number of carboxylic acid groups (broad SMARTS) is 1. The van der Waals surface area contributed by atoms with Gasteiger partial charge < -0.3 is 9.84 Å². The maximum atomic E-state index is 13.6. The first-order chi connectivity index (χ1) is 14.1. The van der Waals surface area contributed by atoms with Crippen molar-refractivity contribution in [3.8, 4) is 0 Å². The lowest BCUT2D eigenvalue weighted by Gasteiger charge is -2.40. The van der Waals surface area contributed by atoms with E-state index in [9.17, 15) is 23.2 Å². The van der Waals surface area contributed by atoms with Crippen molar-refractivity contribution in [3.05, 3.63) is 77.1 Å². The Kier molecular flexibility index (Phi) is 5.69. The fourth-order valence-electron chi connectivity index (χ4n) is 3.27. The third-order valence-electron chi connectivity index (χ3n) is 4.84. The highest BCUT2D eigenvalue weighted by Gasteiger charge is 2.43. The maximum absolute atomic E-state index is 13.6. The van der Waals surface area contributed by atoms with Crippen LogP contribution in [0.1, 0.15) is 36.2 Å². The Bertz CT molecular complexity index is 1030. The molecule has 0 fully saturated rings. The van der Waals surface area contributed by atoms with Gasteiger partial charge in [-0.3, -0.25) is 19.3 Å². The summed E-state index contributed by atoms with van der Waals surface area (Å²) in [5.74, 6) is -4.32. The van der Waals surface area contributed by atoms with Gasteiger partial charge in [-0.2, -0.15) is 0 Å². The van der Waals surface area contributed by atoms with Crippen LogP contribution in [0.3, 0.4) is 0 Å². The number of amides is 1. The lowest BCUT2D eigenvalue weighted by Crippen LogP contribution is -2.55. The molecule has 156 valence electrons. The molecule has 0 aromatic heterocycles. The van der Waals surface area contributed by atoms with Crippen LogP contribution in [0.15, 0.2) is 54.3 Å². The van der Waals surface area contributed by atoms with Gasteiger partial charge in [0.25, 0.3) is 5.91 Å². The number of ether oxygens (including phenoxy) is 1. The van der Waals surface area contributed by atoms with Crippen LogP contribution in [0, 0.1) is 11.6 Å². The van der Waals surface area contributed by atoms with Crippen molar-refractivity contribution in [2.45, 2.75) is 25.8 Å². The van der Waals surface area contributed by atoms with Crippen LogP contribution in [-0.4, -0.2) is 39.9 Å². The second kappa shape index (κ2) is 8.06. The Hall–Kier alpha value is -3.55. The molecule has 1 heterocycles. The van der Waals surface area contributed by atoms with E-state index in [1.807, 2.05) is 0 Å². The fourth-order valence-corrected chi connectivity index (χ4v) is 3.27. The number of rotatable bonds is 6. The molecule has 0 unspecified atom stereocenters. The van der Waals surface area contributed by atoms with Gasteiger partial charge in [-0.25, -0.2) is 8.78 Å². The number of carboxylic acids is 1. The molecule has 2 aromatic carbocycles. The molecule has 0 saturated carbocycles. The van der Waals surface area contributed by atoms with Gasteiger partial charge in [0.05, 0.1) is 5.57 Å². The summed E-state index contributed by atoms with van der Waals surface area (Å²) in [4.78, 5) is 38.7. The largest absolute Gasteiger partial charge is 0.481 e. The number of benzene rings is 2. The van der Waals surface area contributed by atoms with Gasteiger partial charge in [0.15, 0.2) is 12.5 Å². The molecular formula is C22H19F2NO5. The maximum Gasteiger partial charge on any atom is 0.311 e. The number of carbonyl (C=O) groups is 3. The molecule has 3 rings (SSSR count). The minimum atomic E-state index is -1.52. The molecule has 8 heteroatoms. The van der Waals surface area contributed by atoms with Crippen molar-refractivity contribution < 1.29 is 33.0 Å². The SMILES string of the molecule is CC(C)(C(=O)c1cc(F)cc(F)c1)N1COC(CC(=O)O)=C(c2ccccc2)C1=O. The molecule has 1 aliphatic rings. The van der Waals surface area contributed by atoms with Crippen LogP contribution in [0.2, 0.25) is 0 Å². The average Bonchev–Trinajstić information content (AvgIpc) is 2.67. The summed E-state index contributed by atoms with van der Waals surface area (Å²) < 4.78 is 32.7. The number of halogens is 2. The van der Waals surface area contributed by atoms with Gasteiger partial charge in [0.2, 0.25) is 0 Å².